The monoisotopic (exact) mass is 184 g/mol. The Morgan fingerprint density at radius 3 is 2.54 bits per heavy atom. The SMILES string of the molecule is CCC1CC(C)CN1CC(C)(C)N. The molecule has 2 heteroatoms. The molecule has 2 atom stereocenters. The second-order valence-electron chi connectivity index (χ2n) is 5.32. The molecule has 0 aromatic heterocycles. The Morgan fingerprint density at radius 2 is 2.08 bits per heavy atom. The molecule has 2 N–H and O–H groups in total. The van der Waals surface area contributed by atoms with Gasteiger partial charge in [-0.15, -0.1) is 0 Å². The minimum absolute atomic E-state index is 0.0442. The fourth-order valence-electron chi connectivity index (χ4n) is 2.38. The first-order valence-corrected chi connectivity index (χ1v) is 5.45. The molecule has 1 aliphatic heterocycles. The molecule has 1 rings (SSSR count). The molecule has 2 unspecified atom stereocenters. The summed E-state index contributed by atoms with van der Waals surface area (Å²) in [5, 5.41) is 0. The highest BCUT2D eigenvalue weighted by Gasteiger charge is 2.30. The first-order chi connectivity index (χ1) is 5.92. The number of hydrogen-bond donors (Lipinski definition) is 1. The second-order valence-corrected chi connectivity index (χ2v) is 5.32. The summed E-state index contributed by atoms with van der Waals surface area (Å²) in [6.45, 7) is 11.1. The topological polar surface area (TPSA) is 29.3 Å². The Labute approximate surface area is 82.5 Å². The van der Waals surface area contributed by atoms with Crippen molar-refractivity contribution in [3.8, 4) is 0 Å². The smallest absolute Gasteiger partial charge is 0.0226 e. The molecule has 0 bridgehead atoms. The molecule has 0 spiro atoms. The van der Waals surface area contributed by atoms with E-state index in [4.69, 9.17) is 5.73 Å². The molecule has 1 aliphatic rings. The summed E-state index contributed by atoms with van der Waals surface area (Å²) < 4.78 is 0. The molecular weight excluding hydrogens is 160 g/mol. The lowest BCUT2D eigenvalue weighted by molar-refractivity contribution is 0.203. The molecule has 0 radical (unpaired) electrons. The van der Waals surface area contributed by atoms with Crippen molar-refractivity contribution in [1.29, 1.82) is 0 Å². The highest BCUT2D eigenvalue weighted by atomic mass is 15.2. The van der Waals surface area contributed by atoms with Crippen molar-refractivity contribution in [3.63, 3.8) is 0 Å². The molecule has 78 valence electrons. The Bertz CT molecular complexity index is 160. The lowest BCUT2D eigenvalue weighted by Crippen LogP contribution is -2.47. The molecule has 1 heterocycles. The molecule has 0 aromatic rings. The minimum Gasteiger partial charge on any atom is -0.324 e. The molecule has 2 nitrogen and oxygen atoms in total. The largest absolute Gasteiger partial charge is 0.324 e. The van der Waals surface area contributed by atoms with Gasteiger partial charge in [-0.1, -0.05) is 13.8 Å². The summed E-state index contributed by atoms with van der Waals surface area (Å²) >= 11 is 0. The van der Waals surface area contributed by atoms with Crippen LogP contribution in [0.3, 0.4) is 0 Å². The molecule has 0 amide bonds. The van der Waals surface area contributed by atoms with Crippen LogP contribution < -0.4 is 5.73 Å². The molecule has 0 saturated carbocycles. The van der Waals surface area contributed by atoms with E-state index in [1.165, 1.54) is 19.4 Å². The van der Waals surface area contributed by atoms with Crippen LogP contribution >= 0.6 is 0 Å². The third-order valence-electron chi connectivity index (χ3n) is 2.82. The average molecular weight is 184 g/mol. The average Bonchev–Trinajstić information content (AvgIpc) is 2.27. The van der Waals surface area contributed by atoms with Crippen molar-refractivity contribution in [1.82, 2.24) is 4.90 Å². The maximum absolute atomic E-state index is 6.04. The van der Waals surface area contributed by atoms with Gasteiger partial charge in [-0.25, -0.2) is 0 Å². The minimum atomic E-state index is -0.0442. The lowest BCUT2D eigenvalue weighted by atomic mass is 10.0. The summed E-state index contributed by atoms with van der Waals surface area (Å²) in [4.78, 5) is 2.56. The zero-order valence-electron chi connectivity index (χ0n) is 9.51. The maximum atomic E-state index is 6.04. The van der Waals surface area contributed by atoms with Gasteiger partial charge in [0.1, 0.15) is 0 Å². The van der Waals surface area contributed by atoms with Gasteiger partial charge in [0, 0.05) is 24.7 Å². The normalized spacial score (nSPS) is 31.2. The summed E-state index contributed by atoms with van der Waals surface area (Å²) in [5.74, 6) is 0.854. The standard InChI is InChI=1S/C11H24N2/c1-5-10-6-9(2)7-13(10)8-11(3,4)12/h9-10H,5-8,12H2,1-4H3. The summed E-state index contributed by atoms with van der Waals surface area (Å²) in [7, 11) is 0. The van der Waals surface area contributed by atoms with Crippen molar-refractivity contribution < 1.29 is 0 Å². The quantitative estimate of drug-likeness (QED) is 0.725. The highest BCUT2D eigenvalue weighted by molar-refractivity contribution is 4.87. The van der Waals surface area contributed by atoms with Crippen LogP contribution in [0.15, 0.2) is 0 Å². The van der Waals surface area contributed by atoms with Crippen molar-refractivity contribution in [2.45, 2.75) is 52.1 Å². The fourth-order valence-corrected chi connectivity index (χ4v) is 2.38. The predicted octanol–water partition coefficient (Wildman–Crippen LogP) is 1.84. The summed E-state index contributed by atoms with van der Waals surface area (Å²) in [6.07, 6.45) is 2.62. The molecule has 1 saturated heterocycles. The van der Waals surface area contributed by atoms with Crippen molar-refractivity contribution in [2.24, 2.45) is 11.7 Å². The van der Waals surface area contributed by atoms with Crippen LogP contribution in [0.1, 0.15) is 40.5 Å². The summed E-state index contributed by atoms with van der Waals surface area (Å²) in [6, 6.07) is 0.776. The van der Waals surface area contributed by atoms with Crippen molar-refractivity contribution in [2.75, 3.05) is 13.1 Å². The van der Waals surface area contributed by atoms with Crippen LogP contribution in [0.4, 0.5) is 0 Å². The van der Waals surface area contributed by atoms with Gasteiger partial charge >= 0.3 is 0 Å². The maximum Gasteiger partial charge on any atom is 0.0226 e. The number of rotatable bonds is 3. The van der Waals surface area contributed by atoms with Gasteiger partial charge in [0.15, 0.2) is 0 Å². The third-order valence-corrected chi connectivity index (χ3v) is 2.82. The molecule has 1 fully saturated rings. The van der Waals surface area contributed by atoms with Crippen LogP contribution in [0.5, 0.6) is 0 Å². The first kappa shape index (κ1) is 11.0. The van der Waals surface area contributed by atoms with Gasteiger partial charge in [-0.2, -0.15) is 0 Å². The van der Waals surface area contributed by atoms with E-state index in [1.54, 1.807) is 0 Å². The van der Waals surface area contributed by atoms with E-state index in [1.807, 2.05) is 0 Å². The van der Waals surface area contributed by atoms with Crippen LogP contribution in [0, 0.1) is 5.92 Å². The summed E-state index contributed by atoms with van der Waals surface area (Å²) in [5.41, 5.74) is 5.99. The van der Waals surface area contributed by atoms with Gasteiger partial charge in [-0.05, 0) is 32.6 Å². The first-order valence-electron chi connectivity index (χ1n) is 5.45. The Kier molecular flexibility index (Phi) is 3.36. The van der Waals surface area contributed by atoms with Crippen molar-refractivity contribution >= 4 is 0 Å². The molecule has 0 aromatic carbocycles. The Balaban J connectivity index is 2.49. The molecule has 13 heavy (non-hydrogen) atoms. The van der Waals surface area contributed by atoms with Crippen LogP contribution in [-0.4, -0.2) is 29.6 Å². The highest BCUT2D eigenvalue weighted by Crippen LogP contribution is 2.25. The number of nitrogens with zero attached hydrogens (tertiary/aromatic N) is 1. The van der Waals surface area contributed by atoms with E-state index in [0.717, 1.165) is 18.5 Å². The zero-order valence-corrected chi connectivity index (χ0v) is 9.51. The Hall–Kier alpha value is -0.0800. The van der Waals surface area contributed by atoms with E-state index >= 15 is 0 Å². The second kappa shape index (κ2) is 3.97. The Morgan fingerprint density at radius 1 is 1.46 bits per heavy atom. The van der Waals surface area contributed by atoms with Crippen LogP contribution in [-0.2, 0) is 0 Å². The fraction of sp³-hybridized carbons (Fsp3) is 1.00. The van der Waals surface area contributed by atoms with E-state index in [0.29, 0.717) is 0 Å². The van der Waals surface area contributed by atoms with E-state index in [-0.39, 0.29) is 5.54 Å². The van der Waals surface area contributed by atoms with Crippen molar-refractivity contribution in [3.05, 3.63) is 0 Å². The van der Waals surface area contributed by atoms with E-state index < -0.39 is 0 Å². The van der Waals surface area contributed by atoms with Crippen LogP contribution in [0.2, 0.25) is 0 Å². The zero-order chi connectivity index (χ0) is 10.1. The van der Waals surface area contributed by atoms with E-state index in [2.05, 4.69) is 32.6 Å². The molecule has 0 aliphatic carbocycles. The molecular formula is C11H24N2. The van der Waals surface area contributed by atoms with E-state index in [9.17, 15) is 0 Å². The van der Waals surface area contributed by atoms with Gasteiger partial charge in [0.25, 0.3) is 0 Å². The lowest BCUT2D eigenvalue weighted by Gasteiger charge is -2.30. The van der Waals surface area contributed by atoms with Gasteiger partial charge in [-0.3, -0.25) is 4.90 Å². The third kappa shape index (κ3) is 3.28. The number of likely N-dealkylation sites (tertiary alicyclic amines) is 1. The number of nitrogens with two attached hydrogens (primary N) is 1. The van der Waals surface area contributed by atoms with Crippen LogP contribution in [0.25, 0.3) is 0 Å². The number of hydrogen-bond acceptors (Lipinski definition) is 2. The van der Waals surface area contributed by atoms with Gasteiger partial charge < -0.3 is 5.73 Å². The van der Waals surface area contributed by atoms with Gasteiger partial charge in [0.2, 0.25) is 0 Å². The van der Waals surface area contributed by atoms with Gasteiger partial charge in [0.05, 0.1) is 0 Å². The predicted molar refractivity (Wildman–Crippen MR) is 57.7 cm³/mol.